The van der Waals surface area contributed by atoms with Crippen LogP contribution in [0.3, 0.4) is 0 Å². The van der Waals surface area contributed by atoms with Gasteiger partial charge in [0.2, 0.25) is 21.8 Å². The molecule has 1 saturated heterocycles. The van der Waals surface area contributed by atoms with Gasteiger partial charge in [-0.25, -0.2) is 8.42 Å². The first kappa shape index (κ1) is 25.2. The molecular formula is C24H26F3N3O4S. The summed E-state index contributed by atoms with van der Waals surface area (Å²) >= 11 is 0. The van der Waals surface area contributed by atoms with E-state index in [0.717, 1.165) is 29.8 Å². The average Bonchev–Trinajstić information content (AvgIpc) is 2.83. The number of carbonyl (C=O) groups excluding carboxylic acids is 2. The van der Waals surface area contributed by atoms with Crippen LogP contribution in [0.15, 0.2) is 47.4 Å². The Kier molecular flexibility index (Phi) is 6.92. The molecule has 0 aromatic heterocycles. The third-order valence-corrected chi connectivity index (χ3v) is 8.36. The van der Waals surface area contributed by atoms with Crippen LogP contribution in [0.5, 0.6) is 0 Å². The second-order valence-electron chi connectivity index (χ2n) is 8.81. The van der Waals surface area contributed by atoms with E-state index in [1.54, 1.807) is 17.0 Å². The molecule has 0 saturated carbocycles. The van der Waals surface area contributed by atoms with Crippen molar-refractivity contribution in [3.8, 4) is 0 Å². The first-order valence-corrected chi connectivity index (χ1v) is 12.8. The van der Waals surface area contributed by atoms with E-state index in [-0.39, 0.29) is 42.4 Å². The highest BCUT2D eigenvalue weighted by Gasteiger charge is 2.34. The van der Waals surface area contributed by atoms with Gasteiger partial charge in [0.15, 0.2) is 0 Å². The fourth-order valence-corrected chi connectivity index (χ4v) is 6.11. The molecule has 1 N–H and O–H groups in total. The summed E-state index contributed by atoms with van der Waals surface area (Å²) in [4.78, 5) is 26.3. The quantitative estimate of drug-likeness (QED) is 0.674. The lowest BCUT2D eigenvalue weighted by Crippen LogP contribution is -2.41. The van der Waals surface area contributed by atoms with Gasteiger partial charge in [0.1, 0.15) is 0 Å². The highest BCUT2D eigenvalue weighted by Crippen LogP contribution is 2.33. The summed E-state index contributed by atoms with van der Waals surface area (Å²) in [6, 6.07) is 9.20. The van der Waals surface area contributed by atoms with Crippen molar-refractivity contribution >= 4 is 33.2 Å². The predicted molar refractivity (Wildman–Crippen MR) is 124 cm³/mol. The Morgan fingerprint density at radius 2 is 1.74 bits per heavy atom. The lowest BCUT2D eigenvalue weighted by molar-refractivity contribution is -0.137. The van der Waals surface area contributed by atoms with Crippen LogP contribution in [0.25, 0.3) is 0 Å². The maximum atomic E-state index is 13.2. The number of nitrogens with one attached hydrogen (secondary N) is 1. The Balaban J connectivity index is 1.41. The fourth-order valence-electron chi connectivity index (χ4n) is 4.59. The molecular weight excluding hydrogens is 483 g/mol. The van der Waals surface area contributed by atoms with Gasteiger partial charge in [0, 0.05) is 43.9 Å². The number of hydrogen-bond acceptors (Lipinski definition) is 4. The Morgan fingerprint density at radius 1 is 1.03 bits per heavy atom. The molecule has 2 amide bonds. The number of fused-ring (bicyclic) bond motifs is 1. The summed E-state index contributed by atoms with van der Waals surface area (Å²) in [5, 5.41) is 2.52. The van der Waals surface area contributed by atoms with Gasteiger partial charge in [-0.1, -0.05) is 6.07 Å². The van der Waals surface area contributed by atoms with Crippen molar-refractivity contribution in [3.63, 3.8) is 0 Å². The molecule has 0 atom stereocenters. The summed E-state index contributed by atoms with van der Waals surface area (Å²) in [5.41, 5.74) is 0.733. The number of sulfonamides is 1. The number of amides is 2. The summed E-state index contributed by atoms with van der Waals surface area (Å²) in [6.45, 7) is 2.33. The van der Waals surface area contributed by atoms with E-state index < -0.39 is 33.6 Å². The summed E-state index contributed by atoms with van der Waals surface area (Å²) in [7, 11) is -3.79. The number of aryl methyl sites for hydroxylation is 1. The molecule has 4 rings (SSSR count). The maximum Gasteiger partial charge on any atom is 0.416 e. The monoisotopic (exact) mass is 509 g/mol. The van der Waals surface area contributed by atoms with Crippen molar-refractivity contribution in [2.45, 2.75) is 43.7 Å². The highest BCUT2D eigenvalue weighted by molar-refractivity contribution is 7.89. The fraction of sp³-hybridized carbons (Fsp3) is 0.417. The third kappa shape index (κ3) is 5.35. The van der Waals surface area contributed by atoms with Crippen LogP contribution in [-0.2, 0) is 32.2 Å². The van der Waals surface area contributed by atoms with Gasteiger partial charge in [-0.15, -0.1) is 0 Å². The lowest BCUT2D eigenvalue weighted by atomic mass is 9.97. The van der Waals surface area contributed by atoms with Gasteiger partial charge in [-0.3, -0.25) is 9.59 Å². The van der Waals surface area contributed by atoms with E-state index in [1.807, 2.05) is 0 Å². The molecule has 7 nitrogen and oxygen atoms in total. The topological polar surface area (TPSA) is 86.8 Å². The largest absolute Gasteiger partial charge is 0.416 e. The van der Waals surface area contributed by atoms with Gasteiger partial charge in [0.05, 0.1) is 10.5 Å². The number of alkyl halides is 3. The molecule has 2 heterocycles. The third-order valence-electron chi connectivity index (χ3n) is 6.47. The van der Waals surface area contributed by atoms with Crippen molar-refractivity contribution in [2.75, 3.05) is 29.9 Å². The summed E-state index contributed by atoms with van der Waals surface area (Å²) in [5.74, 6) is -1.03. The molecule has 2 aliphatic rings. The van der Waals surface area contributed by atoms with Crippen LogP contribution in [-0.4, -0.2) is 44.2 Å². The number of carbonyl (C=O) groups is 2. The highest BCUT2D eigenvalue weighted by atomic mass is 32.2. The van der Waals surface area contributed by atoms with Crippen molar-refractivity contribution in [1.82, 2.24) is 4.31 Å². The maximum absolute atomic E-state index is 13.2. The molecule has 2 aromatic rings. The van der Waals surface area contributed by atoms with Crippen molar-refractivity contribution in [1.29, 1.82) is 0 Å². The van der Waals surface area contributed by atoms with Crippen LogP contribution in [0.1, 0.15) is 37.3 Å². The zero-order chi connectivity index (χ0) is 25.4. The Labute approximate surface area is 202 Å². The Morgan fingerprint density at radius 3 is 2.40 bits per heavy atom. The number of nitrogens with zero attached hydrogens (tertiary/aromatic N) is 2. The molecule has 1 fully saturated rings. The van der Waals surface area contributed by atoms with E-state index >= 15 is 0 Å². The Hall–Kier alpha value is -2.92. The van der Waals surface area contributed by atoms with Gasteiger partial charge < -0.3 is 10.2 Å². The molecule has 188 valence electrons. The van der Waals surface area contributed by atoms with Gasteiger partial charge in [-0.2, -0.15) is 17.5 Å². The van der Waals surface area contributed by atoms with E-state index in [0.29, 0.717) is 13.0 Å². The zero-order valence-corrected chi connectivity index (χ0v) is 20.0. The van der Waals surface area contributed by atoms with Gasteiger partial charge in [0.25, 0.3) is 0 Å². The van der Waals surface area contributed by atoms with Crippen LogP contribution < -0.4 is 10.2 Å². The van der Waals surface area contributed by atoms with Crippen molar-refractivity contribution in [2.24, 2.45) is 5.92 Å². The molecule has 0 unspecified atom stereocenters. The smallest absolute Gasteiger partial charge is 0.326 e. The first-order chi connectivity index (χ1) is 16.5. The number of hydrogen-bond donors (Lipinski definition) is 1. The molecule has 0 radical (unpaired) electrons. The number of piperidine rings is 1. The minimum Gasteiger partial charge on any atom is -0.326 e. The molecule has 0 bridgehead atoms. The van der Waals surface area contributed by atoms with Gasteiger partial charge in [-0.05, 0) is 67.6 Å². The minimum atomic E-state index is -4.51. The molecule has 0 spiro atoms. The normalized spacial score (nSPS) is 17.7. The molecule has 11 heteroatoms. The van der Waals surface area contributed by atoms with Crippen molar-refractivity contribution in [3.05, 3.63) is 53.6 Å². The Bertz CT molecular complexity index is 1240. The summed E-state index contributed by atoms with van der Waals surface area (Å²) < 4.78 is 66.5. The number of rotatable bonds is 4. The van der Waals surface area contributed by atoms with Gasteiger partial charge >= 0.3 is 6.18 Å². The number of anilines is 2. The average molecular weight is 510 g/mol. The zero-order valence-electron chi connectivity index (χ0n) is 19.1. The van der Waals surface area contributed by atoms with Crippen LogP contribution >= 0.6 is 0 Å². The molecule has 35 heavy (non-hydrogen) atoms. The molecule has 0 aliphatic carbocycles. The summed E-state index contributed by atoms with van der Waals surface area (Å²) in [6.07, 6.45) is -2.57. The number of halogens is 3. The van der Waals surface area contributed by atoms with E-state index in [9.17, 15) is 31.2 Å². The molecule has 2 aromatic carbocycles. The predicted octanol–water partition coefficient (Wildman–Crippen LogP) is 4.04. The van der Waals surface area contributed by atoms with Crippen molar-refractivity contribution < 1.29 is 31.2 Å². The molecule has 2 aliphatic heterocycles. The van der Waals surface area contributed by atoms with Crippen LogP contribution in [0.2, 0.25) is 0 Å². The lowest BCUT2D eigenvalue weighted by Gasteiger charge is -2.32. The standard InChI is InChI=1S/C24H26F3N3O4S/c1-16(31)30-11-3-4-18-14-21(7-8-22(18)30)35(33,34)29-12-9-17(10-13-29)23(32)28-20-6-2-5-19(15-20)24(25,26)27/h2,5-8,14-15,17H,3-4,9-13H2,1H3,(H,28,32). The van der Waals surface area contributed by atoms with Crippen LogP contribution in [0, 0.1) is 5.92 Å². The first-order valence-electron chi connectivity index (χ1n) is 11.4. The minimum absolute atomic E-state index is 0.0496. The van der Waals surface area contributed by atoms with E-state index in [2.05, 4.69) is 5.32 Å². The second kappa shape index (κ2) is 9.62. The SMILES string of the molecule is CC(=O)N1CCCc2cc(S(=O)(=O)N3CCC(C(=O)Nc4cccc(C(F)(F)F)c4)CC3)ccc21. The van der Waals surface area contributed by atoms with E-state index in [4.69, 9.17) is 0 Å². The van der Waals surface area contributed by atoms with Crippen LogP contribution in [0.4, 0.5) is 24.5 Å². The second-order valence-corrected chi connectivity index (χ2v) is 10.7. The van der Waals surface area contributed by atoms with E-state index in [1.165, 1.54) is 29.4 Å². The number of benzene rings is 2.